The van der Waals surface area contributed by atoms with Crippen LogP contribution in [0.3, 0.4) is 0 Å². The molecular formula is C9H17O5+. The molecule has 0 saturated carbocycles. The Morgan fingerprint density at radius 2 is 2.00 bits per heavy atom. The maximum absolute atomic E-state index is 10.9. The molecule has 0 aromatic heterocycles. The highest BCUT2D eigenvalue weighted by Crippen LogP contribution is 2.36. The van der Waals surface area contributed by atoms with Crippen LogP contribution in [0.25, 0.3) is 0 Å². The highest BCUT2D eigenvalue weighted by molar-refractivity contribution is 5.73. The number of carboxylic acid groups (broad SMARTS) is 1. The topological polar surface area (TPSA) is 89.7 Å². The molecule has 1 heterocycles. The van der Waals surface area contributed by atoms with E-state index >= 15 is 0 Å². The van der Waals surface area contributed by atoms with Crippen molar-refractivity contribution in [1.29, 1.82) is 0 Å². The second-order valence-electron chi connectivity index (χ2n) is 4.35. The molecule has 0 aromatic rings. The van der Waals surface area contributed by atoms with Crippen LogP contribution in [0, 0.1) is 5.41 Å². The molecule has 0 radical (unpaired) electrons. The molecule has 1 fully saturated rings. The number of ether oxygens (including phenoxy) is 1. The van der Waals surface area contributed by atoms with Crippen molar-refractivity contribution < 1.29 is 24.9 Å². The van der Waals surface area contributed by atoms with Crippen molar-refractivity contribution >= 4 is 5.97 Å². The fourth-order valence-corrected chi connectivity index (χ4v) is 1.73. The van der Waals surface area contributed by atoms with E-state index in [2.05, 4.69) is 0 Å². The summed E-state index contributed by atoms with van der Waals surface area (Å²) in [6.07, 6.45) is -3.37. The van der Waals surface area contributed by atoms with Crippen molar-refractivity contribution in [1.82, 2.24) is 0 Å². The summed E-state index contributed by atoms with van der Waals surface area (Å²) < 4.78 is 5.20. The van der Waals surface area contributed by atoms with Gasteiger partial charge in [0, 0.05) is 5.41 Å². The van der Waals surface area contributed by atoms with Crippen LogP contribution in [0.15, 0.2) is 0 Å². The van der Waals surface area contributed by atoms with Gasteiger partial charge in [-0.3, -0.25) is 0 Å². The van der Waals surface area contributed by atoms with Gasteiger partial charge in [-0.15, -0.1) is 0 Å². The average molecular weight is 205 g/mol. The molecule has 1 aliphatic rings. The first-order valence-corrected chi connectivity index (χ1v) is 4.56. The summed E-state index contributed by atoms with van der Waals surface area (Å²) in [6, 6.07) is 0. The summed E-state index contributed by atoms with van der Waals surface area (Å²) in [7, 11) is 0. The summed E-state index contributed by atoms with van der Waals surface area (Å²) in [5.74, 6) is -1.09. The van der Waals surface area contributed by atoms with Crippen molar-refractivity contribution in [2.45, 2.75) is 45.2 Å². The molecule has 14 heavy (non-hydrogen) atoms. The first-order valence-electron chi connectivity index (χ1n) is 4.56. The third-order valence-electron chi connectivity index (χ3n) is 2.86. The van der Waals surface area contributed by atoms with Gasteiger partial charge in [0.05, 0.1) is 0 Å². The van der Waals surface area contributed by atoms with Crippen LogP contribution in [-0.4, -0.2) is 45.7 Å². The smallest absolute Gasteiger partial charge is 0.333 e. The Bertz CT molecular complexity index is 237. The zero-order chi connectivity index (χ0) is 11.1. The normalized spacial score (nSPS) is 42.1. The van der Waals surface area contributed by atoms with Gasteiger partial charge in [0.1, 0.15) is 12.2 Å². The lowest BCUT2D eigenvalue weighted by molar-refractivity contribution is -0.230. The number of aliphatic hydroxyl groups is 1. The minimum Gasteiger partial charge on any atom is -0.479 e. The Morgan fingerprint density at radius 1 is 1.50 bits per heavy atom. The van der Waals surface area contributed by atoms with E-state index in [0.717, 1.165) is 0 Å². The summed E-state index contributed by atoms with van der Waals surface area (Å²) in [5.41, 5.74) is -0.926. The number of rotatable bonds is 1. The lowest BCUT2D eigenvalue weighted by Gasteiger charge is -2.43. The van der Waals surface area contributed by atoms with Crippen LogP contribution < -0.4 is 0 Å². The van der Waals surface area contributed by atoms with Crippen LogP contribution in [-0.2, 0) is 9.53 Å². The minimum atomic E-state index is -1.09. The van der Waals surface area contributed by atoms with E-state index in [0.29, 0.717) is 0 Å². The monoisotopic (exact) mass is 205 g/mol. The first kappa shape index (κ1) is 11.4. The number of hydrogen-bond acceptors (Lipinski definition) is 3. The molecule has 4 unspecified atom stereocenters. The molecule has 5 nitrogen and oxygen atoms in total. The standard InChI is InChI=1S/C9H16O5/c1-4-5(10)6(11)9(2,3)7(14-4)8(12)13/h4-7,10-11H,1-3H3,(H,12,13)/p+1. The number of aliphatic hydroxyl groups excluding tert-OH is 1. The zero-order valence-corrected chi connectivity index (χ0v) is 8.52. The summed E-state index contributed by atoms with van der Waals surface area (Å²) in [5, 5.41) is 26.3. The van der Waals surface area contributed by atoms with E-state index in [1.165, 1.54) is 0 Å². The highest BCUT2D eigenvalue weighted by atomic mass is 16.5. The van der Waals surface area contributed by atoms with Gasteiger partial charge in [0.2, 0.25) is 6.10 Å². The predicted molar refractivity (Wildman–Crippen MR) is 49.2 cm³/mol. The molecule has 0 bridgehead atoms. The molecule has 0 amide bonds. The number of carboxylic acids is 1. The van der Waals surface area contributed by atoms with Gasteiger partial charge in [-0.1, -0.05) is 13.8 Å². The SMILES string of the molecule is CC1OC(C(=O)O)C(C)(C)C(O)C1[OH2+]. The van der Waals surface area contributed by atoms with E-state index in [9.17, 15) is 9.90 Å². The second-order valence-corrected chi connectivity index (χ2v) is 4.35. The van der Waals surface area contributed by atoms with Crippen LogP contribution in [0.5, 0.6) is 0 Å². The zero-order valence-electron chi connectivity index (χ0n) is 8.52. The molecule has 1 aliphatic heterocycles. The molecule has 4 N–H and O–H groups in total. The molecule has 82 valence electrons. The van der Waals surface area contributed by atoms with Crippen molar-refractivity contribution in [3.63, 3.8) is 0 Å². The summed E-state index contributed by atoms with van der Waals surface area (Å²) in [4.78, 5) is 10.9. The van der Waals surface area contributed by atoms with Crippen LogP contribution in [0.1, 0.15) is 20.8 Å². The van der Waals surface area contributed by atoms with E-state index in [1.807, 2.05) is 0 Å². The first-order chi connectivity index (χ1) is 6.28. The highest BCUT2D eigenvalue weighted by Gasteiger charge is 2.53. The predicted octanol–water partition coefficient (Wildman–Crippen LogP) is -0.661. The minimum absolute atomic E-state index is 0.556. The van der Waals surface area contributed by atoms with Gasteiger partial charge in [0.25, 0.3) is 0 Å². The van der Waals surface area contributed by atoms with Crippen molar-refractivity contribution in [2.75, 3.05) is 0 Å². The van der Waals surface area contributed by atoms with Gasteiger partial charge in [-0.2, -0.15) is 0 Å². The Balaban J connectivity index is 2.95. The second kappa shape index (κ2) is 3.49. The van der Waals surface area contributed by atoms with Gasteiger partial charge in [-0.05, 0) is 6.92 Å². The van der Waals surface area contributed by atoms with Gasteiger partial charge in [0.15, 0.2) is 6.10 Å². The molecule has 4 atom stereocenters. The lowest BCUT2D eigenvalue weighted by atomic mass is 9.75. The van der Waals surface area contributed by atoms with Crippen molar-refractivity contribution in [3.05, 3.63) is 0 Å². The van der Waals surface area contributed by atoms with E-state index in [1.54, 1.807) is 20.8 Å². The van der Waals surface area contributed by atoms with Crippen LogP contribution >= 0.6 is 0 Å². The van der Waals surface area contributed by atoms with E-state index in [4.69, 9.17) is 14.9 Å². The summed E-state index contributed by atoms with van der Waals surface area (Å²) >= 11 is 0. The van der Waals surface area contributed by atoms with Crippen molar-refractivity contribution in [2.24, 2.45) is 5.41 Å². The molecule has 0 spiro atoms. The number of carbonyl (C=O) groups is 1. The lowest BCUT2D eigenvalue weighted by Crippen LogP contribution is -2.60. The Morgan fingerprint density at radius 3 is 2.43 bits per heavy atom. The third kappa shape index (κ3) is 1.63. The van der Waals surface area contributed by atoms with E-state index in [-0.39, 0.29) is 0 Å². The third-order valence-corrected chi connectivity index (χ3v) is 2.86. The Labute approximate surface area is 82.3 Å². The molecular weight excluding hydrogens is 188 g/mol. The molecule has 0 aliphatic carbocycles. The maximum Gasteiger partial charge on any atom is 0.333 e. The molecule has 5 heteroatoms. The van der Waals surface area contributed by atoms with Crippen LogP contribution in [0.4, 0.5) is 0 Å². The van der Waals surface area contributed by atoms with Crippen LogP contribution in [0.2, 0.25) is 0 Å². The molecule has 1 rings (SSSR count). The van der Waals surface area contributed by atoms with Gasteiger partial charge >= 0.3 is 5.97 Å². The van der Waals surface area contributed by atoms with Gasteiger partial charge < -0.3 is 20.1 Å². The number of aliphatic carboxylic acids is 1. The van der Waals surface area contributed by atoms with Crippen molar-refractivity contribution in [3.8, 4) is 0 Å². The summed E-state index contributed by atoms with van der Waals surface area (Å²) in [6.45, 7) is 4.81. The molecule has 0 aromatic carbocycles. The Kier molecular flexibility index (Phi) is 2.85. The average Bonchev–Trinajstić information content (AvgIpc) is 2.08. The Hall–Kier alpha value is -0.650. The quantitative estimate of drug-likeness (QED) is 0.556. The fourth-order valence-electron chi connectivity index (χ4n) is 1.73. The molecule has 1 saturated heterocycles. The maximum atomic E-state index is 10.9. The fraction of sp³-hybridized carbons (Fsp3) is 0.889. The largest absolute Gasteiger partial charge is 0.479 e. The van der Waals surface area contributed by atoms with Gasteiger partial charge in [-0.25, -0.2) is 4.79 Å². The van der Waals surface area contributed by atoms with E-state index < -0.39 is 35.8 Å². The number of hydrogen-bond donors (Lipinski definition) is 2.